The lowest BCUT2D eigenvalue weighted by Gasteiger charge is -2.34. The molecule has 1 aliphatic rings. The zero-order valence-electron chi connectivity index (χ0n) is 14.7. The van der Waals surface area contributed by atoms with E-state index in [-0.39, 0.29) is 18.8 Å². The van der Waals surface area contributed by atoms with Crippen LogP contribution in [0, 0.1) is 0 Å². The van der Waals surface area contributed by atoms with Crippen molar-refractivity contribution in [3.05, 3.63) is 42.0 Å². The number of nitrogens with one attached hydrogen (secondary N) is 1. The summed E-state index contributed by atoms with van der Waals surface area (Å²) in [6, 6.07) is 11.7. The molecule has 1 N–H and O–H groups in total. The highest BCUT2D eigenvalue weighted by molar-refractivity contribution is 7.87. The fourth-order valence-electron chi connectivity index (χ4n) is 3.10. The van der Waals surface area contributed by atoms with E-state index in [4.69, 9.17) is 9.47 Å². The van der Waals surface area contributed by atoms with E-state index in [2.05, 4.69) is 4.72 Å². The van der Waals surface area contributed by atoms with Crippen LogP contribution in [-0.2, 0) is 21.5 Å². The smallest absolute Gasteiger partial charge is 0.279 e. The average Bonchev–Trinajstić information content (AvgIpc) is 2.58. The van der Waals surface area contributed by atoms with E-state index >= 15 is 0 Å². The monoisotopic (exact) mass is 364 g/mol. The summed E-state index contributed by atoms with van der Waals surface area (Å²) < 4.78 is 40.0. The molecule has 0 spiro atoms. The largest absolute Gasteiger partial charge is 0.497 e. The summed E-state index contributed by atoms with van der Waals surface area (Å²) in [6.45, 7) is 4.77. The predicted molar refractivity (Wildman–Crippen MR) is 97.8 cm³/mol. The molecular weight excluding hydrogens is 340 g/mol. The van der Waals surface area contributed by atoms with E-state index in [1.807, 2.05) is 50.2 Å². The molecule has 0 aromatic heterocycles. The van der Waals surface area contributed by atoms with Gasteiger partial charge < -0.3 is 9.47 Å². The van der Waals surface area contributed by atoms with Crippen LogP contribution in [0.5, 0.6) is 5.75 Å². The molecule has 0 radical (unpaired) electrons. The summed E-state index contributed by atoms with van der Waals surface area (Å²) in [7, 11) is -1.89. The van der Waals surface area contributed by atoms with Gasteiger partial charge in [-0.1, -0.05) is 18.2 Å². The number of morpholine rings is 1. The highest BCUT2D eigenvalue weighted by Gasteiger charge is 2.30. The lowest BCUT2D eigenvalue weighted by Crippen LogP contribution is -2.51. The maximum absolute atomic E-state index is 12.5. The molecule has 3 rings (SSSR count). The normalized spacial score (nSPS) is 22.2. The molecule has 0 bridgehead atoms. The second-order valence-corrected chi connectivity index (χ2v) is 8.20. The first kappa shape index (κ1) is 18.1. The summed E-state index contributed by atoms with van der Waals surface area (Å²) in [4.78, 5) is 0. The lowest BCUT2D eigenvalue weighted by atomic mass is 10.1. The van der Waals surface area contributed by atoms with Gasteiger partial charge in [-0.25, -0.2) is 0 Å². The summed E-state index contributed by atoms with van der Waals surface area (Å²) in [6.07, 6.45) is -0.202. The van der Waals surface area contributed by atoms with Crippen molar-refractivity contribution < 1.29 is 17.9 Å². The van der Waals surface area contributed by atoms with Gasteiger partial charge in [0.15, 0.2) is 0 Å². The molecule has 0 amide bonds. The van der Waals surface area contributed by atoms with Crippen molar-refractivity contribution in [2.24, 2.45) is 0 Å². The average molecular weight is 364 g/mol. The number of nitrogens with zero attached hydrogens (tertiary/aromatic N) is 1. The Morgan fingerprint density at radius 1 is 1.12 bits per heavy atom. The number of methoxy groups -OCH3 is 1. The van der Waals surface area contributed by atoms with E-state index in [9.17, 15) is 8.42 Å². The zero-order chi connectivity index (χ0) is 18.0. The van der Waals surface area contributed by atoms with Crippen LogP contribution in [0.15, 0.2) is 36.4 Å². The van der Waals surface area contributed by atoms with Gasteiger partial charge in [0.05, 0.1) is 19.3 Å². The fourth-order valence-corrected chi connectivity index (χ4v) is 4.45. The summed E-state index contributed by atoms with van der Waals surface area (Å²) in [5.41, 5.74) is 0.913. The Morgan fingerprint density at radius 2 is 1.76 bits per heavy atom. The quantitative estimate of drug-likeness (QED) is 0.884. The third-order valence-corrected chi connectivity index (χ3v) is 5.78. The molecule has 2 aromatic carbocycles. The second-order valence-electron chi connectivity index (χ2n) is 6.45. The van der Waals surface area contributed by atoms with Crippen molar-refractivity contribution in [1.82, 2.24) is 9.03 Å². The fraction of sp³-hybridized carbons (Fsp3) is 0.444. The SMILES string of the molecule is COc1ccc2cc(CNS(=O)(=O)N3C[C@@H](C)O[C@H](C)C3)ccc2c1. The molecule has 7 heteroatoms. The number of hydrogen-bond donors (Lipinski definition) is 1. The molecular formula is C18H24N2O4S. The molecule has 0 aliphatic carbocycles. The predicted octanol–water partition coefficient (Wildman–Crippen LogP) is 2.29. The van der Waals surface area contributed by atoms with Gasteiger partial charge in [0.1, 0.15) is 5.75 Å². The number of hydrogen-bond acceptors (Lipinski definition) is 4. The highest BCUT2D eigenvalue weighted by atomic mass is 32.2. The van der Waals surface area contributed by atoms with Gasteiger partial charge in [-0.3, -0.25) is 0 Å². The first-order valence-electron chi connectivity index (χ1n) is 8.34. The first-order chi connectivity index (χ1) is 11.9. The minimum absolute atomic E-state index is 0.101. The molecule has 6 nitrogen and oxygen atoms in total. The van der Waals surface area contributed by atoms with Gasteiger partial charge in [0.2, 0.25) is 0 Å². The first-order valence-corrected chi connectivity index (χ1v) is 9.78. The molecule has 1 fully saturated rings. The van der Waals surface area contributed by atoms with Gasteiger partial charge in [-0.05, 0) is 48.4 Å². The molecule has 1 saturated heterocycles. The minimum Gasteiger partial charge on any atom is -0.497 e. The van der Waals surface area contributed by atoms with E-state index in [1.54, 1.807) is 7.11 Å². The highest BCUT2D eigenvalue weighted by Crippen LogP contribution is 2.22. The van der Waals surface area contributed by atoms with Crippen molar-refractivity contribution >= 4 is 21.0 Å². The number of ether oxygens (including phenoxy) is 2. The molecule has 1 heterocycles. The Kier molecular flexibility index (Phi) is 5.29. The second kappa shape index (κ2) is 7.29. The molecule has 2 atom stereocenters. The molecule has 1 aliphatic heterocycles. The Morgan fingerprint density at radius 3 is 2.44 bits per heavy atom. The Hall–Kier alpha value is -1.67. The lowest BCUT2D eigenvalue weighted by molar-refractivity contribution is -0.0444. The van der Waals surface area contributed by atoms with Gasteiger partial charge in [-0.15, -0.1) is 0 Å². The molecule has 0 saturated carbocycles. The van der Waals surface area contributed by atoms with Crippen molar-refractivity contribution in [2.45, 2.75) is 32.6 Å². The molecule has 2 aromatic rings. The third-order valence-electron chi connectivity index (χ3n) is 4.30. The van der Waals surface area contributed by atoms with Crippen LogP contribution in [0.2, 0.25) is 0 Å². The molecule has 25 heavy (non-hydrogen) atoms. The van der Waals surface area contributed by atoms with Crippen LogP contribution in [0.25, 0.3) is 10.8 Å². The van der Waals surface area contributed by atoms with Crippen molar-refractivity contribution in [2.75, 3.05) is 20.2 Å². The van der Waals surface area contributed by atoms with E-state index in [0.29, 0.717) is 13.1 Å². The minimum atomic E-state index is -3.53. The van der Waals surface area contributed by atoms with Gasteiger partial charge in [0.25, 0.3) is 10.2 Å². The van der Waals surface area contributed by atoms with Crippen molar-refractivity contribution in [3.63, 3.8) is 0 Å². The van der Waals surface area contributed by atoms with Crippen LogP contribution in [-0.4, -0.2) is 45.1 Å². The Bertz CT molecular complexity index is 843. The van der Waals surface area contributed by atoms with Crippen LogP contribution < -0.4 is 9.46 Å². The Labute approximate surface area is 148 Å². The van der Waals surface area contributed by atoms with Crippen LogP contribution in [0.1, 0.15) is 19.4 Å². The third kappa shape index (κ3) is 4.30. The summed E-state index contributed by atoms with van der Waals surface area (Å²) >= 11 is 0. The van der Waals surface area contributed by atoms with Crippen molar-refractivity contribution in [3.8, 4) is 5.75 Å². The van der Waals surface area contributed by atoms with Crippen LogP contribution >= 0.6 is 0 Å². The van der Waals surface area contributed by atoms with Crippen molar-refractivity contribution in [1.29, 1.82) is 0 Å². The summed E-state index contributed by atoms with van der Waals surface area (Å²) in [5.74, 6) is 0.802. The Balaban J connectivity index is 1.71. The van der Waals surface area contributed by atoms with E-state index in [0.717, 1.165) is 22.1 Å². The van der Waals surface area contributed by atoms with Gasteiger partial charge in [0, 0.05) is 19.6 Å². The zero-order valence-corrected chi connectivity index (χ0v) is 15.5. The standard InChI is InChI=1S/C18H24N2O4S/c1-13-11-20(12-14(2)24-13)25(21,22)19-10-15-4-5-17-9-18(23-3)7-6-16(17)8-15/h4-9,13-14,19H,10-12H2,1-3H3/t13-,14-/m1/s1. The van der Waals surface area contributed by atoms with E-state index < -0.39 is 10.2 Å². The molecule has 136 valence electrons. The maximum Gasteiger partial charge on any atom is 0.279 e. The number of rotatable bonds is 5. The summed E-state index contributed by atoms with van der Waals surface area (Å²) in [5, 5.41) is 2.10. The van der Waals surface area contributed by atoms with Crippen LogP contribution in [0.4, 0.5) is 0 Å². The van der Waals surface area contributed by atoms with Gasteiger partial charge in [-0.2, -0.15) is 17.4 Å². The van der Waals surface area contributed by atoms with Crippen LogP contribution in [0.3, 0.4) is 0 Å². The topological polar surface area (TPSA) is 67.9 Å². The number of fused-ring (bicyclic) bond motifs is 1. The van der Waals surface area contributed by atoms with Gasteiger partial charge >= 0.3 is 0 Å². The maximum atomic E-state index is 12.5. The van der Waals surface area contributed by atoms with E-state index in [1.165, 1.54) is 4.31 Å². The molecule has 0 unspecified atom stereocenters. The number of benzene rings is 2.